The average Bonchev–Trinajstić information content (AvgIpc) is 2.39. The van der Waals surface area contributed by atoms with Crippen LogP contribution in [-0.2, 0) is 22.7 Å². The van der Waals surface area contributed by atoms with Crippen molar-refractivity contribution in [2.24, 2.45) is 0 Å². The summed E-state index contributed by atoms with van der Waals surface area (Å²) in [5, 5.41) is 0.490. The average molecular weight is 322 g/mol. The van der Waals surface area contributed by atoms with Gasteiger partial charge in [0.1, 0.15) is 0 Å². The maximum absolute atomic E-state index is 12.5. The van der Waals surface area contributed by atoms with Crippen LogP contribution in [0.3, 0.4) is 0 Å². The highest BCUT2D eigenvalue weighted by Gasteiger charge is 2.28. The minimum absolute atomic E-state index is 0.131. The molecular formula is C12H20O6P2. The highest BCUT2D eigenvalue weighted by molar-refractivity contribution is 7.62. The largest absolute Gasteiger partial charge is 0.361 e. The van der Waals surface area contributed by atoms with Gasteiger partial charge in [-0.1, -0.05) is 0 Å². The monoisotopic (exact) mass is 322 g/mol. The smallest absolute Gasteiger partial charge is 0.321 e. The van der Waals surface area contributed by atoms with Crippen LogP contribution in [0, 0.1) is 0 Å². The third-order valence-electron chi connectivity index (χ3n) is 2.39. The molecule has 6 nitrogen and oxygen atoms in total. The van der Waals surface area contributed by atoms with Crippen molar-refractivity contribution in [3.8, 4) is 0 Å². The number of hydrogen-bond donors (Lipinski definition) is 1. The molecule has 8 heteroatoms. The molecule has 0 spiro atoms. The van der Waals surface area contributed by atoms with Gasteiger partial charge in [-0.05, 0) is 45.0 Å². The third-order valence-corrected chi connectivity index (χ3v) is 6.08. The van der Waals surface area contributed by atoms with E-state index < -0.39 is 15.2 Å². The second-order valence-corrected chi connectivity index (χ2v) is 7.63. The van der Waals surface area contributed by atoms with Crippen LogP contribution >= 0.6 is 15.2 Å². The van der Waals surface area contributed by atoms with Gasteiger partial charge in [0.15, 0.2) is 0 Å². The van der Waals surface area contributed by atoms with Gasteiger partial charge in [-0.3, -0.25) is 9.13 Å². The van der Waals surface area contributed by atoms with E-state index in [2.05, 4.69) is 0 Å². The maximum atomic E-state index is 12.5. The lowest BCUT2D eigenvalue weighted by Gasteiger charge is -2.18. The molecule has 0 bridgehead atoms. The van der Waals surface area contributed by atoms with Crippen molar-refractivity contribution in [3.05, 3.63) is 24.3 Å². The Balaban J connectivity index is 3.06. The Hall–Kier alpha value is -0.480. The van der Waals surface area contributed by atoms with E-state index in [1.807, 2.05) is 0 Å². The lowest BCUT2D eigenvalue weighted by molar-refractivity contribution is 0.230. The molecule has 0 aliphatic heterocycles. The van der Waals surface area contributed by atoms with E-state index in [0.29, 0.717) is 5.30 Å². The van der Waals surface area contributed by atoms with E-state index >= 15 is 0 Å². The fourth-order valence-corrected chi connectivity index (χ4v) is 4.19. The molecule has 0 fully saturated rings. The van der Waals surface area contributed by atoms with Gasteiger partial charge < -0.3 is 18.5 Å². The summed E-state index contributed by atoms with van der Waals surface area (Å²) in [6.07, 6.45) is 0. The lowest BCUT2D eigenvalue weighted by Crippen LogP contribution is -2.14. The topological polar surface area (TPSA) is 82.1 Å². The second-order valence-electron chi connectivity index (χ2n) is 3.79. The molecule has 0 heterocycles. The minimum atomic E-state index is -3.82. The minimum Gasteiger partial charge on any atom is -0.321 e. The summed E-state index contributed by atoms with van der Waals surface area (Å²) in [4.78, 5) is 9.69. The summed E-state index contributed by atoms with van der Waals surface area (Å²) in [7, 11) is -7.19. The molecule has 0 aliphatic carbocycles. The van der Waals surface area contributed by atoms with Crippen LogP contribution in [0.15, 0.2) is 24.3 Å². The molecule has 20 heavy (non-hydrogen) atoms. The van der Waals surface area contributed by atoms with Crippen LogP contribution in [0.5, 0.6) is 0 Å². The zero-order chi connectivity index (χ0) is 15.2. The van der Waals surface area contributed by atoms with Crippen LogP contribution in [0.25, 0.3) is 0 Å². The Morgan fingerprint density at radius 1 is 0.850 bits per heavy atom. The number of benzene rings is 1. The first kappa shape index (κ1) is 17.6. The fraction of sp³-hybridized carbons (Fsp3) is 0.500. The molecule has 114 valence electrons. The van der Waals surface area contributed by atoms with Crippen LogP contribution in [0.1, 0.15) is 20.8 Å². The molecule has 1 atom stereocenters. The summed E-state index contributed by atoms with van der Waals surface area (Å²) < 4.78 is 39.5. The number of hydrogen-bond acceptors (Lipinski definition) is 5. The number of rotatable bonds is 8. The molecule has 0 radical (unpaired) electrons. The van der Waals surface area contributed by atoms with Gasteiger partial charge in [0, 0.05) is 0 Å². The van der Waals surface area contributed by atoms with Crippen LogP contribution in [0.4, 0.5) is 0 Å². The summed E-state index contributed by atoms with van der Waals surface area (Å²) >= 11 is 0. The third kappa shape index (κ3) is 4.26. The summed E-state index contributed by atoms with van der Waals surface area (Å²) in [6, 6.07) is 5.72. The SMILES string of the molecule is CCOP(=O)(O)c1ccc(P(=O)(OCC)OCC)cc1. The standard InChI is InChI=1S/C12H20O6P2/c1-4-16-19(13,14)11-7-9-12(10-8-11)20(15,17-5-2)18-6-3/h7-10H,4-6H2,1-3H3,(H,13,14). The molecule has 1 aromatic carbocycles. The molecule has 0 aromatic heterocycles. The molecular weight excluding hydrogens is 302 g/mol. The summed E-state index contributed by atoms with van der Waals surface area (Å²) in [6.45, 7) is 5.70. The maximum Gasteiger partial charge on any atom is 0.361 e. The van der Waals surface area contributed by atoms with Crippen molar-refractivity contribution in [2.75, 3.05) is 19.8 Å². The van der Waals surface area contributed by atoms with Gasteiger partial charge in [0.2, 0.25) is 0 Å². The highest BCUT2D eigenvalue weighted by Crippen LogP contribution is 2.47. The van der Waals surface area contributed by atoms with Gasteiger partial charge in [0.05, 0.1) is 30.4 Å². The first-order valence-electron chi connectivity index (χ1n) is 6.37. The molecule has 1 unspecified atom stereocenters. The van der Waals surface area contributed by atoms with E-state index in [9.17, 15) is 14.0 Å². The van der Waals surface area contributed by atoms with Gasteiger partial charge in [-0.15, -0.1) is 0 Å². The van der Waals surface area contributed by atoms with Gasteiger partial charge >= 0.3 is 15.2 Å². The normalized spacial score (nSPS) is 15.0. The van der Waals surface area contributed by atoms with Crippen LogP contribution < -0.4 is 10.6 Å². The molecule has 1 rings (SSSR count). The highest BCUT2D eigenvalue weighted by atomic mass is 31.2. The summed E-state index contributed by atoms with van der Waals surface area (Å²) in [5.41, 5.74) is 0. The van der Waals surface area contributed by atoms with Gasteiger partial charge in [-0.25, -0.2) is 0 Å². The van der Waals surface area contributed by atoms with Gasteiger partial charge in [-0.2, -0.15) is 0 Å². The van der Waals surface area contributed by atoms with E-state index in [4.69, 9.17) is 13.6 Å². The zero-order valence-electron chi connectivity index (χ0n) is 11.8. The zero-order valence-corrected chi connectivity index (χ0v) is 13.6. The lowest BCUT2D eigenvalue weighted by atomic mass is 10.4. The van der Waals surface area contributed by atoms with Crippen molar-refractivity contribution in [3.63, 3.8) is 0 Å². The Kier molecular flexibility index (Phi) is 6.59. The predicted molar refractivity (Wildman–Crippen MR) is 78.0 cm³/mol. The second kappa shape index (κ2) is 7.51. The Labute approximate surface area is 119 Å². The van der Waals surface area contributed by atoms with E-state index in [-0.39, 0.29) is 25.1 Å². The van der Waals surface area contributed by atoms with Crippen molar-refractivity contribution in [2.45, 2.75) is 20.8 Å². The molecule has 0 amide bonds. The Bertz CT molecular complexity index is 503. The molecule has 0 saturated heterocycles. The Morgan fingerprint density at radius 2 is 1.25 bits per heavy atom. The van der Waals surface area contributed by atoms with E-state index in [1.165, 1.54) is 24.3 Å². The molecule has 1 N–H and O–H groups in total. The summed E-state index contributed by atoms with van der Waals surface area (Å²) in [5.74, 6) is 0. The first-order chi connectivity index (χ1) is 9.39. The van der Waals surface area contributed by atoms with Crippen molar-refractivity contribution >= 4 is 25.8 Å². The Morgan fingerprint density at radius 3 is 1.65 bits per heavy atom. The molecule has 1 aromatic rings. The van der Waals surface area contributed by atoms with E-state index in [1.54, 1.807) is 20.8 Å². The van der Waals surface area contributed by atoms with E-state index in [0.717, 1.165) is 0 Å². The quantitative estimate of drug-likeness (QED) is 0.740. The van der Waals surface area contributed by atoms with Crippen molar-refractivity contribution in [1.82, 2.24) is 0 Å². The predicted octanol–water partition coefficient (Wildman–Crippen LogP) is 2.43. The van der Waals surface area contributed by atoms with Crippen LogP contribution in [-0.4, -0.2) is 24.7 Å². The molecule has 0 saturated carbocycles. The van der Waals surface area contributed by atoms with Crippen molar-refractivity contribution < 1.29 is 27.6 Å². The van der Waals surface area contributed by atoms with Crippen LogP contribution in [0.2, 0.25) is 0 Å². The van der Waals surface area contributed by atoms with Crippen molar-refractivity contribution in [1.29, 1.82) is 0 Å². The first-order valence-corrected chi connectivity index (χ1v) is 9.49. The fourth-order valence-electron chi connectivity index (χ4n) is 1.60. The molecule has 0 aliphatic rings. The van der Waals surface area contributed by atoms with Gasteiger partial charge in [0.25, 0.3) is 0 Å².